The van der Waals surface area contributed by atoms with E-state index in [1.807, 2.05) is 48.5 Å². The van der Waals surface area contributed by atoms with E-state index in [2.05, 4.69) is 31.4 Å². The molecule has 1 fully saturated rings. The number of benzene rings is 2. The van der Waals surface area contributed by atoms with Gasteiger partial charge in [0.15, 0.2) is 5.82 Å². The van der Waals surface area contributed by atoms with Gasteiger partial charge in [0.2, 0.25) is 11.8 Å². The number of aromatic amines is 1. The number of aromatic nitrogens is 2. The molecule has 1 saturated heterocycles. The zero-order chi connectivity index (χ0) is 18.8. The van der Waals surface area contributed by atoms with Gasteiger partial charge < -0.3 is 5.32 Å². The topological polar surface area (TPSA) is 78.1 Å². The Morgan fingerprint density at radius 3 is 2.89 bits per heavy atom. The minimum absolute atomic E-state index is 0.0745. The number of fused-ring (bicyclic) bond motifs is 1. The van der Waals surface area contributed by atoms with Gasteiger partial charge in [0.25, 0.3) is 0 Å². The first-order valence-electron chi connectivity index (χ1n) is 8.87. The van der Waals surface area contributed by atoms with Crippen molar-refractivity contribution in [3.63, 3.8) is 0 Å². The molecule has 2 N–H and O–H groups in total. The molecule has 0 aliphatic carbocycles. The molecular weight excluding hydrogens is 408 g/mol. The lowest BCUT2D eigenvalue weighted by Gasteiger charge is -2.14. The fourth-order valence-corrected chi connectivity index (χ4v) is 3.75. The van der Waals surface area contributed by atoms with Gasteiger partial charge in [0.1, 0.15) is 0 Å². The Balaban J connectivity index is 1.40. The molecule has 0 spiro atoms. The quantitative estimate of drug-likeness (QED) is 0.657. The van der Waals surface area contributed by atoms with Crippen molar-refractivity contribution in [2.24, 2.45) is 5.92 Å². The Morgan fingerprint density at radius 1 is 1.26 bits per heavy atom. The molecule has 138 valence electrons. The average Bonchev–Trinajstić information content (AvgIpc) is 3.25. The van der Waals surface area contributed by atoms with Gasteiger partial charge in [-0.1, -0.05) is 46.3 Å². The first-order chi connectivity index (χ1) is 13.1. The molecule has 0 bridgehead atoms. The number of halogens is 1. The highest BCUT2D eigenvalue weighted by Gasteiger charge is 2.36. The summed E-state index contributed by atoms with van der Waals surface area (Å²) in [5.74, 6) is 0.0800. The predicted molar refractivity (Wildman–Crippen MR) is 107 cm³/mol. The first kappa shape index (κ1) is 17.7. The molecule has 3 aromatic rings. The molecule has 2 aromatic carbocycles. The van der Waals surface area contributed by atoms with Gasteiger partial charge in [-0.15, -0.1) is 0 Å². The van der Waals surface area contributed by atoms with Crippen molar-refractivity contribution >= 4 is 44.5 Å². The summed E-state index contributed by atoms with van der Waals surface area (Å²) in [4.78, 5) is 26.6. The minimum atomic E-state index is -0.351. The summed E-state index contributed by atoms with van der Waals surface area (Å²) in [6, 6.07) is 15.8. The van der Waals surface area contributed by atoms with Crippen LogP contribution in [0.25, 0.3) is 10.9 Å². The number of carbonyl (C=O) groups is 2. The summed E-state index contributed by atoms with van der Waals surface area (Å²) < 4.78 is 0.939. The van der Waals surface area contributed by atoms with Gasteiger partial charge in [-0.3, -0.25) is 19.6 Å². The smallest absolute Gasteiger partial charge is 0.229 e. The van der Waals surface area contributed by atoms with E-state index in [4.69, 9.17) is 0 Å². The van der Waals surface area contributed by atoms with Crippen molar-refractivity contribution in [3.05, 3.63) is 58.6 Å². The number of hydrogen-bond acceptors (Lipinski definition) is 3. The molecule has 0 radical (unpaired) electrons. The van der Waals surface area contributed by atoms with Crippen molar-refractivity contribution in [2.75, 3.05) is 18.0 Å². The van der Waals surface area contributed by atoms with Crippen LogP contribution in [0.3, 0.4) is 0 Å². The van der Waals surface area contributed by atoms with Crippen LogP contribution in [0.5, 0.6) is 0 Å². The molecule has 2 heterocycles. The largest absolute Gasteiger partial charge is 0.355 e. The van der Waals surface area contributed by atoms with Crippen LogP contribution in [0, 0.1) is 5.92 Å². The van der Waals surface area contributed by atoms with E-state index in [9.17, 15) is 9.59 Å². The molecule has 7 heteroatoms. The third-order valence-corrected chi connectivity index (χ3v) is 5.31. The number of rotatable bonds is 5. The highest BCUT2D eigenvalue weighted by atomic mass is 79.9. The lowest BCUT2D eigenvalue weighted by Crippen LogP contribution is -2.34. The van der Waals surface area contributed by atoms with Crippen LogP contribution >= 0.6 is 15.9 Å². The molecular formula is C20H19BrN4O2. The van der Waals surface area contributed by atoms with Crippen molar-refractivity contribution in [1.29, 1.82) is 0 Å². The minimum Gasteiger partial charge on any atom is -0.355 e. The Bertz CT molecular complexity index is 986. The van der Waals surface area contributed by atoms with Gasteiger partial charge in [0.05, 0.1) is 11.4 Å². The maximum absolute atomic E-state index is 12.5. The summed E-state index contributed by atoms with van der Waals surface area (Å²) in [6.07, 6.45) is 0.984. The van der Waals surface area contributed by atoms with Gasteiger partial charge in [-0.05, 0) is 30.2 Å². The first-order valence-corrected chi connectivity index (χ1v) is 9.67. The van der Waals surface area contributed by atoms with E-state index < -0.39 is 0 Å². The normalized spacial score (nSPS) is 16.9. The monoisotopic (exact) mass is 426 g/mol. The standard InChI is InChI=1S/C20H19BrN4O2/c21-15-6-7-16-17(11-15)23-24-19(16)25-12-14(10-18(25)26)20(27)22-9-8-13-4-2-1-3-5-13/h1-7,11,14H,8-10,12H2,(H,22,27)(H,23,24)/t14-/m0/s1. The summed E-state index contributed by atoms with van der Waals surface area (Å²) in [6.45, 7) is 0.916. The maximum Gasteiger partial charge on any atom is 0.229 e. The second kappa shape index (κ2) is 7.52. The number of nitrogens with one attached hydrogen (secondary N) is 2. The fraction of sp³-hybridized carbons (Fsp3) is 0.250. The molecule has 1 aliphatic heterocycles. The van der Waals surface area contributed by atoms with Gasteiger partial charge in [-0.2, -0.15) is 5.10 Å². The van der Waals surface area contributed by atoms with Crippen molar-refractivity contribution in [3.8, 4) is 0 Å². The number of nitrogens with zero attached hydrogens (tertiary/aromatic N) is 2. The Kier molecular flexibility index (Phi) is 4.94. The lowest BCUT2D eigenvalue weighted by atomic mass is 10.1. The summed E-state index contributed by atoms with van der Waals surface area (Å²) >= 11 is 3.43. The number of H-pyrrole nitrogens is 1. The van der Waals surface area contributed by atoms with E-state index >= 15 is 0 Å². The molecule has 0 unspecified atom stereocenters. The lowest BCUT2D eigenvalue weighted by molar-refractivity contribution is -0.126. The van der Waals surface area contributed by atoms with Crippen molar-refractivity contribution in [2.45, 2.75) is 12.8 Å². The SMILES string of the molecule is O=C(NCCc1ccccc1)[C@H]1CC(=O)N(c2n[nH]c3cc(Br)ccc23)C1. The molecule has 2 amide bonds. The predicted octanol–water partition coefficient (Wildman–Crippen LogP) is 3.04. The summed E-state index contributed by atoms with van der Waals surface area (Å²) in [5.41, 5.74) is 2.03. The van der Waals surface area contributed by atoms with Crippen molar-refractivity contribution in [1.82, 2.24) is 15.5 Å². The fourth-order valence-electron chi connectivity index (χ4n) is 3.39. The summed E-state index contributed by atoms with van der Waals surface area (Å²) in [7, 11) is 0. The van der Waals surface area contributed by atoms with E-state index in [0.29, 0.717) is 18.9 Å². The molecule has 1 atom stereocenters. The van der Waals surface area contributed by atoms with Crippen LogP contribution in [-0.2, 0) is 16.0 Å². The zero-order valence-electron chi connectivity index (χ0n) is 14.6. The van der Waals surface area contributed by atoms with Crippen LogP contribution in [0.2, 0.25) is 0 Å². The Labute approximate surface area is 165 Å². The van der Waals surface area contributed by atoms with E-state index in [-0.39, 0.29) is 24.2 Å². The van der Waals surface area contributed by atoms with Crippen LogP contribution in [0.4, 0.5) is 5.82 Å². The molecule has 4 rings (SSSR count). The maximum atomic E-state index is 12.5. The molecule has 27 heavy (non-hydrogen) atoms. The third-order valence-electron chi connectivity index (χ3n) is 4.81. The Hall–Kier alpha value is -2.67. The third kappa shape index (κ3) is 3.73. The Morgan fingerprint density at radius 2 is 2.07 bits per heavy atom. The average molecular weight is 427 g/mol. The number of hydrogen-bond donors (Lipinski definition) is 2. The number of carbonyl (C=O) groups excluding carboxylic acids is 2. The number of anilines is 1. The van der Waals surface area contributed by atoms with Gasteiger partial charge >= 0.3 is 0 Å². The van der Waals surface area contributed by atoms with Crippen LogP contribution in [0.15, 0.2) is 53.0 Å². The number of amides is 2. The van der Waals surface area contributed by atoms with Crippen molar-refractivity contribution < 1.29 is 9.59 Å². The molecule has 6 nitrogen and oxygen atoms in total. The highest BCUT2D eigenvalue weighted by molar-refractivity contribution is 9.10. The second-order valence-electron chi connectivity index (χ2n) is 6.67. The second-order valence-corrected chi connectivity index (χ2v) is 7.58. The van der Waals surface area contributed by atoms with Gasteiger partial charge in [0, 0.05) is 29.4 Å². The zero-order valence-corrected chi connectivity index (χ0v) is 16.2. The van der Waals surface area contributed by atoms with E-state index in [0.717, 1.165) is 21.8 Å². The van der Waals surface area contributed by atoms with Crippen LogP contribution in [-0.4, -0.2) is 35.1 Å². The van der Waals surface area contributed by atoms with E-state index in [1.165, 1.54) is 5.56 Å². The van der Waals surface area contributed by atoms with Crippen LogP contribution in [0.1, 0.15) is 12.0 Å². The molecule has 0 saturated carbocycles. The summed E-state index contributed by atoms with van der Waals surface area (Å²) in [5, 5.41) is 11.1. The molecule has 1 aliphatic rings. The van der Waals surface area contributed by atoms with E-state index in [1.54, 1.807) is 4.90 Å². The van der Waals surface area contributed by atoms with Crippen LogP contribution < -0.4 is 10.2 Å². The molecule has 1 aromatic heterocycles. The van der Waals surface area contributed by atoms with Gasteiger partial charge in [-0.25, -0.2) is 0 Å². The highest BCUT2D eigenvalue weighted by Crippen LogP contribution is 2.31.